The van der Waals surface area contributed by atoms with Crippen molar-refractivity contribution in [3.05, 3.63) is 65.2 Å². The second kappa shape index (κ2) is 6.74. The highest BCUT2D eigenvalue weighted by Crippen LogP contribution is 2.16. The van der Waals surface area contributed by atoms with Crippen LogP contribution in [0.4, 0.5) is 5.69 Å². The summed E-state index contributed by atoms with van der Waals surface area (Å²) in [7, 11) is 1.76. The molecular formula is C18H17NO2. The first kappa shape index (κ1) is 14.8. The predicted molar refractivity (Wildman–Crippen MR) is 84.3 cm³/mol. The van der Waals surface area contributed by atoms with Crippen LogP contribution in [0.25, 0.3) is 0 Å². The minimum absolute atomic E-state index is 0.0690. The highest BCUT2D eigenvalue weighted by Gasteiger charge is 2.12. The average molecular weight is 279 g/mol. The second-order valence-electron chi connectivity index (χ2n) is 4.74. The summed E-state index contributed by atoms with van der Waals surface area (Å²) in [6.07, 6.45) is 0. The Morgan fingerprint density at radius 2 is 1.71 bits per heavy atom. The minimum Gasteiger partial charge on any atom is -0.384 e. The summed E-state index contributed by atoms with van der Waals surface area (Å²) in [5.41, 5.74) is 3.40. The van der Waals surface area contributed by atoms with E-state index in [1.165, 1.54) is 0 Å². The molecule has 0 aromatic heterocycles. The zero-order valence-electron chi connectivity index (χ0n) is 12.1. The van der Waals surface area contributed by atoms with Crippen LogP contribution >= 0.6 is 0 Å². The van der Waals surface area contributed by atoms with Crippen molar-refractivity contribution in [2.75, 3.05) is 18.6 Å². The molecule has 2 rings (SSSR count). The topological polar surface area (TPSA) is 40.5 Å². The first-order valence-corrected chi connectivity index (χ1v) is 6.66. The number of rotatable bonds is 2. The lowest BCUT2D eigenvalue weighted by Gasteiger charge is -2.17. The molecule has 0 bridgehead atoms. The predicted octanol–water partition coefficient (Wildman–Crippen LogP) is 2.62. The molecule has 0 saturated carbocycles. The van der Waals surface area contributed by atoms with Gasteiger partial charge in [-0.3, -0.25) is 4.79 Å². The number of anilines is 1. The van der Waals surface area contributed by atoms with E-state index in [0.29, 0.717) is 5.56 Å². The van der Waals surface area contributed by atoms with Crippen LogP contribution in [0.15, 0.2) is 48.5 Å². The Balaban J connectivity index is 2.17. The first-order valence-electron chi connectivity index (χ1n) is 6.66. The SMILES string of the molecule is Cc1ccc(N(C)C(=O)c2ccc(C#CCO)cc2)cc1. The van der Waals surface area contributed by atoms with Gasteiger partial charge in [-0.2, -0.15) is 0 Å². The maximum Gasteiger partial charge on any atom is 0.258 e. The van der Waals surface area contributed by atoms with Crippen molar-refractivity contribution in [2.45, 2.75) is 6.92 Å². The molecule has 0 aliphatic rings. The van der Waals surface area contributed by atoms with Crippen LogP contribution < -0.4 is 4.90 Å². The van der Waals surface area contributed by atoms with Crippen molar-refractivity contribution in [3.8, 4) is 11.8 Å². The van der Waals surface area contributed by atoms with Crippen LogP contribution in [0, 0.1) is 18.8 Å². The van der Waals surface area contributed by atoms with Crippen LogP contribution in [-0.2, 0) is 0 Å². The van der Waals surface area contributed by atoms with Crippen molar-refractivity contribution in [3.63, 3.8) is 0 Å². The molecule has 0 aliphatic carbocycles. The van der Waals surface area contributed by atoms with Gasteiger partial charge in [0.25, 0.3) is 5.91 Å². The Kier molecular flexibility index (Phi) is 4.76. The van der Waals surface area contributed by atoms with Crippen LogP contribution in [0.3, 0.4) is 0 Å². The number of hydrogen-bond donors (Lipinski definition) is 1. The third kappa shape index (κ3) is 3.71. The summed E-state index contributed by atoms with van der Waals surface area (Å²) in [4.78, 5) is 14.0. The van der Waals surface area contributed by atoms with E-state index in [0.717, 1.165) is 16.8 Å². The van der Waals surface area contributed by atoms with Gasteiger partial charge in [-0.05, 0) is 43.3 Å². The van der Waals surface area contributed by atoms with Gasteiger partial charge < -0.3 is 10.0 Å². The lowest BCUT2D eigenvalue weighted by Crippen LogP contribution is -2.26. The lowest BCUT2D eigenvalue weighted by atomic mass is 10.1. The van der Waals surface area contributed by atoms with Gasteiger partial charge >= 0.3 is 0 Å². The average Bonchev–Trinajstić information content (AvgIpc) is 2.53. The summed E-state index contributed by atoms with van der Waals surface area (Å²) < 4.78 is 0. The van der Waals surface area contributed by atoms with E-state index in [4.69, 9.17) is 5.11 Å². The molecule has 3 nitrogen and oxygen atoms in total. The van der Waals surface area contributed by atoms with Crippen molar-refractivity contribution >= 4 is 11.6 Å². The fourth-order valence-corrected chi connectivity index (χ4v) is 1.92. The van der Waals surface area contributed by atoms with Crippen LogP contribution in [0.5, 0.6) is 0 Å². The molecule has 3 heteroatoms. The Labute approximate surface area is 124 Å². The molecule has 0 atom stereocenters. The number of hydrogen-bond acceptors (Lipinski definition) is 2. The molecule has 21 heavy (non-hydrogen) atoms. The Hall–Kier alpha value is -2.57. The summed E-state index contributed by atoms with van der Waals surface area (Å²) in [5, 5.41) is 8.65. The molecule has 0 radical (unpaired) electrons. The van der Waals surface area contributed by atoms with E-state index in [9.17, 15) is 4.79 Å². The Morgan fingerprint density at radius 3 is 2.29 bits per heavy atom. The van der Waals surface area contributed by atoms with Gasteiger partial charge in [0.1, 0.15) is 6.61 Å². The summed E-state index contributed by atoms with van der Waals surface area (Å²) in [6.45, 7) is 1.84. The van der Waals surface area contributed by atoms with Crippen LogP contribution in [0.1, 0.15) is 21.5 Å². The monoisotopic (exact) mass is 279 g/mol. The summed E-state index contributed by atoms with van der Waals surface area (Å²) in [6, 6.07) is 14.8. The number of carbonyl (C=O) groups excluding carboxylic acids is 1. The molecule has 0 spiro atoms. The summed E-state index contributed by atoms with van der Waals surface area (Å²) in [5.74, 6) is 5.31. The van der Waals surface area contributed by atoms with E-state index < -0.39 is 0 Å². The number of nitrogens with zero attached hydrogens (tertiary/aromatic N) is 1. The highest BCUT2D eigenvalue weighted by molar-refractivity contribution is 6.05. The summed E-state index contributed by atoms with van der Waals surface area (Å²) >= 11 is 0. The molecule has 0 unspecified atom stereocenters. The fourth-order valence-electron chi connectivity index (χ4n) is 1.92. The third-order valence-corrected chi connectivity index (χ3v) is 3.17. The van der Waals surface area contributed by atoms with Crippen LogP contribution in [0.2, 0.25) is 0 Å². The van der Waals surface area contributed by atoms with Gasteiger partial charge in [0.15, 0.2) is 0 Å². The van der Waals surface area contributed by atoms with E-state index in [1.807, 2.05) is 31.2 Å². The van der Waals surface area contributed by atoms with Gasteiger partial charge in [-0.25, -0.2) is 0 Å². The van der Waals surface area contributed by atoms with Gasteiger partial charge in [-0.15, -0.1) is 0 Å². The highest BCUT2D eigenvalue weighted by atomic mass is 16.2. The number of amides is 1. The zero-order valence-corrected chi connectivity index (χ0v) is 12.1. The number of carbonyl (C=O) groups is 1. The van der Waals surface area contributed by atoms with E-state index in [2.05, 4.69) is 11.8 Å². The normalized spacial score (nSPS) is 9.67. The smallest absolute Gasteiger partial charge is 0.258 e. The van der Waals surface area contributed by atoms with Crippen molar-refractivity contribution in [1.82, 2.24) is 0 Å². The first-order chi connectivity index (χ1) is 10.1. The van der Waals surface area contributed by atoms with Gasteiger partial charge in [0.2, 0.25) is 0 Å². The van der Waals surface area contributed by atoms with Crippen molar-refractivity contribution < 1.29 is 9.90 Å². The maximum absolute atomic E-state index is 12.4. The minimum atomic E-state index is -0.170. The van der Waals surface area contributed by atoms with Gasteiger partial charge in [0, 0.05) is 23.9 Å². The molecule has 2 aromatic carbocycles. The molecule has 1 amide bonds. The fraction of sp³-hybridized carbons (Fsp3) is 0.167. The lowest BCUT2D eigenvalue weighted by molar-refractivity contribution is 0.0993. The molecule has 0 heterocycles. The molecular weight excluding hydrogens is 262 g/mol. The quantitative estimate of drug-likeness (QED) is 0.858. The van der Waals surface area contributed by atoms with Gasteiger partial charge in [0.05, 0.1) is 0 Å². The largest absolute Gasteiger partial charge is 0.384 e. The number of aliphatic hydroxyl groups is 1. The molecule has 0 saturated heterocycles. The molecule has 0 fully saturated rings. The standard InChI is InChI=1S/C18H17NO2/c1-14-5-11-17(12-6-14)19(2)18(21)16-9-7-15(8-10-16)4-3-13-20/h5-12,20H,13H2,1-2H3. The maximum atomic E-state index is 12.4. The van der Waals surface area contributed by atoms with Crippen molar-refractivity contribution in [2.24, 2.45) is 0 Å². The Bertz CT molecular complexity index is 676. The molecule has 2 aromatic rings. The van der Waals surface area contributed by atoms with Crippen LogP contribution in [-0.4, -0.2) is 24.7 Å². The molecule has 0 aliphatic heterocycles. The Morgan fingerprint density at radius 1 is 1.10 bits per heavy atom. The number of benzene rings is 2. The van der Waals surface area contributed by atoms with E-state index >= 15 is 0 Å². The molecule has 106 valence electrons. The number of aliphatic hydroxyl groups excluding tert-OH is 1. The van der Waals surface area contributed by atoms with E-state index in [1.54, 1.807) is 36.2 Å². The zero-order chi connectivity index (χ0) is 15.2. The number of aryl methyl sites for hydroxylation is 1. The second-order valence-corrected chi connectivity index (χ2v) is 4.74. The molecule has 1 N–H and O–H groups in total. The van der Waals surface area contributed by atoms with E-state index in [-0.39, 0.29) is 12.5 Å². The van der Waals surface area contributed by atoms with Crippen molar-refractivity contribution in [1.29, 1.82) is 0 Å². The third-order valence-electron chi connectivity index (χ3n) is 3.17. The van der Waals surface area contributed by atoms with Gasteiger partial charge in [-0.1, -0.05) is 29.5 Å².